The normalized spacial score (nSPS) is 16.0. The molecule has 1 heterocycles. The van der Waals surface area contributed by atoms with Gasteiger partial charge in [-0.15, -0.1) is 0 Å². The van der Waals surface area contributed by atoms with E-state index in [0.717, 1.165) is 43.4 Å². The van der Waals surface area contributed by atoms with E-state index in [-0.39, 0.29) is 23.4 Å². The summed E-state index contributed by atoms with van der Waals surface area (Å²) in [5.41, 5.74) is 3.37. The number of nitro benzene ring substituents is 1. The van der Waals surface area contributed by atoms with E-state index in [1.807, 2.05) is 23.1 Å². The van der Waals surface area contributed by atoms with Gasteiger partial charge in [0, 0.05) is 41.0 Å². The van der Waals surface area contributed by atoms with Crippen LogP contribution in [0.25, 0.3) is 0 Å². The molecule has 1 aliphatic heterocycles. The highest BCUT2D eigenvalue weighted by Gasteiger charge is 2.32. The molecule has 29 heavy (non-hydrogen) atoms. The molecule has 0 spiro atoms. The van der Waals surface area contributed by atoms with Crippen LogP contribution in [-0.2, 0) is 11.2 Å². The second-order valence-corrected chi connectivity index (χ2v) is 7.78. The number of amides is 2. The minimum Gasteiger partial charge on any atom is -0.322 e. The monoisotopic (exact) mass is 393 g/mol. The molecule has 1 saturated carbocycles. The number of nitrogens with one attached hydrogen (secondary N) is 1. The van der Waals surface area contributed by atoms with Crippen molar-refractivity contribution in [3.05, 3.63) is 63.2 Å². The molecule has 7 nitrogen and oxygen atoms in total. The van der Waals surface area contributed by atoms with Gasteiger partial charge in [-0.05, 0) is 56.0 Å². The average Bonchev–Trinajstić information content (AvgIpc) is 3.37. The quantitative estimate of drug-likeness (QED) is 0.621. The molecular formula is C22H23N3O4. The van der Waals surface area contributed by atoms with E-state index in [2.05, 4.69) is 5.32 Å². The third kappa shape index (κ3) is 3.72. The Labute approximate surface area is 168 Å². The molecule has 7 heteroatoms. The van der Waals surface area contributed by atoms with Gasteiger partial charge in [-0.25, -0.2) is 0 Å². The Balaban J connectivity index is 1.52. The molecule has 2 aliphatic rings. The van der Waals surface area contributed by atoms with Crippen LogP contribution in [0.1, 0.15) is 47.2 Å². The van der Waals surface area contributed by atoms with E-state index < -0.39 is 4.92 Å². The maximum atomic E-state index is 12.9. The highest BCUT2D eigenvalue weighted by molar-refractivity contribution is 6.05. The first-order valence-corrected chi connectivity index (χ1v) is 9.95. The van der Waals surface area contributed by atoms with Crippen molar-refractivity contribution in [2.45, 2.75) is 39.0 Å². The number of nitrogens with zero attached hydrogens (tertiary/aromatic N) is 2. The first-order valence-electron chi connectivity index (χ1n) is 9.95. The molecule has 150 valence electrons. The maximum absolute atomic E-state index is 12.9. The van der Waals surface area contributed by atoms with Crippen LogP contribution in [0.5, 0.6) is 0 Å². The number of benzene rings is 2. The lowest BCUT2D eigenvalue weighted by Crippen LogP contribution is -2.33. The van der Waals surface area contributed by atoms with Crippen LogP contribution in [-0.4, -0.2) is 23.3 Å². The second-order valence-electron chi connectivity index (χ2n) is 7.78. The number of anilines is 2. The first-order chi connectivity index (χ1) is 13.9. The van der Waals surface area contributed by atoms with Gasteiger partial charge in [0.2, 0.25) is 5.91 Å². The maximum Gasteiger partial charge on any atom is 0.272 e. The summed E-state index contributed by atoms with van der Waals surface area (Å²) in [6.45, 7) is 2.29. The summed E-state index contributed by atoms with van der Waals surface area (Å²) in [6.07, 6.45) is 4.97. The molecule has 0 unspecified atom stereocenters. The predicted octanol–water partition coefficient (Wildman–Crippen LogP) is 4.23. The summed E-state index contributed by atoms with van der Waals surface area (Å²) >= 11 is 0. The SMILES string of the molecule is Cc1cc(C(=O)Nc2ccc3c(c2)N(C(=O)C2CCCC2)CC3)ccc1[N+](=O)[O-]. The zero-order valence-electron chi connectivity index (χ0n) is 16.3. The summed E-state index contributed by atoms with van der Waals surface area (Å²) in [5.74, 6) is -0.0346. The fourth-order valence-corrected chi connectivity index (χ4v) is 4.28. The van der Waals surface area contributed by atoms with Crippen LogP contribution in [0, 0.1) is 23.0 Å². The van der Waals surface area contributed by atoms with Crippen molar-refractivity contribution in [1.82, 2.24) is 0 Å². The van der Waals surface area contributed by atoms with Gasteiger partial charge in [0.05, 0.1) is 4.92 Å². The van der Waals surface area contributed by atoms with Gasteiger partial charge in [0.25, 0.3) is 11.6 Å². The second kappa shape index (κ2) is 7.66. The zero-order valence-corrected chi connectivity index (χ0v) is 16.3. The topological polar surface area (TPSA) is 92.6 Å². The van der Waals surface area contributed by atoms with E-state index in [1.54, 1.807) is 6.92 Å². The van der Waals surface area contributed by atoms with Gasteiger partial charge < -0.3 is 10.2 Å². The number of carbonyl (C=O) groups is 2. The lowest BCUT2D eigenvalue weighted by atomic mass is 10.1. The molecule has 0 saturated heterocycles. The van der Waals surface area contributed by atoms with Gasteiger partial charge in [-0.2, -0.15) is 0 Å². The lowest BCUT2D eigenvalue weighted by molar-refractivity contribution is -0.385. The summed E-state index contributed by atoms with van der Waals surface area (Å²) in [7, 11) is 0. The Bertz CT molecular complexity index is 996. The number of hydrogen-bond donors (Lipinski definition) is 1. The Hall–Kier alpha value is -3.22. The van der Waals surface area contributed by atoms with Gasteiger partial charge in [0.1, 0.15) is 0 Å². The minimum atomic E-state index is -0.465. The largest absolute Gasteiger partial charge is 0.322 e. The van der Waals surface area contributed by atoms with Crippen molar-refractivity contribution >= 4 is 28.9 Å². The Morgan fingerprint density at radius 1 is 1.14 bits per heavy atom. The molecule has 0 atom stereocenters. The molecule has 0 aromatic heterocycles. The number of nitro groups is 1. The predicted molar refractivity (Wildman–Crippen MR) is 110 cm³/mol. The Kier molecular flexibility index (Phi) is 5.05. The molecule has 1 aliphatic carbocycles. The molecule has 2 aromatic rings. The van der Waals surface area contributed by atoms with Crippen LogP contribution < -0.4 is 10.2 Å². The number of aryl methyl sites for hydroxylation is 1. The average molecular weight is 393 g/mol. The molecule has 1 fully saturated rings. The van der Waals surface area contributed by atoms with Crippen LogP contribution in [0.4, 0.5) is 17.1 Å². The fraction of sp³-hybridized carbons (Fsp3) is 0.364. The van der Waals surface area contributed by atoms with Crippen molar-refractivity contribution in [1.29, 1.82) is 0 Å². The number of fused-ring (bicyclic) bond motifs is 1. The third-order valence-corrected chi connectivity index (χ3v) is 5.86. The standard InChI is InChI=1S/C22H23N3O4/c1-14-12-17(7-9-19(14)25(28)29)21(26)23-18-8-6-15-10-11-24(20(15)13-18)22(27)16-4-2-3-5-16/h6-9,12-13,16H,2-5,10-11H2,1H3,(H,23,26). The number of hydrogen-bond acceptors (Lipinski definition) is 4. The molecule has 0 bridgehead atoms. The summed E-state index contributed by atoms with van der Waals surface area (Å²) in [5, 5.41) is 13.8. The highest BCUT2D eigenvalue weighted by Crippen LogP contribution is 2.35. The van der Waals surface area contributed by atoms with E-state index in [0.29, 0.717) is 23.4 Å². The zero-order chi connectivity index (χ0) is 20.5. The highest BCUT2D eigenvalue weighted by atomic mass is 16.6. The minimum absolute atomic E-state index is 0.0138. The van der Waals surface area contributed by atoms with E-state index in [9.17, 15) is 19.7 Å². The molecule has 4 rings (SSSR count). The van der Waals surface area contributed by atoms with E-state index in [4.69, 9.17) is 0 Å². The van der Waals surface area contributed by atoms with Crippen LogP contribution in [0.3, 0.4) is 0 Å². The molecule has 0 radical (unpaired) electrons. The van der Waals surface area contributed by atoms with E-state index in [1.165, 1.54) is 18.2 Å². The smallest absolute Gasteiger partial charge is 0.272 e. The van der Waals surface area contributed by atoms with Crippen LogP contribution in [0.15, 0.2) is 36.4 Å². The van der Waals surface area contributed by atoms with Crippen molar-refractivity contribution in [3.63, 3.8) is 0 Å². The van der Waals surface area contributed by atoms with Gasteiger partial charge in [-0.3, -0.25) is 19.7 Å². The summed E-state index contributed by atoms with van der Waals surface area (Å²) in [6, 6.07) is 9.94. The number of rotatable bonds is 4. The lowest BCUT2D eigenvalue weighted by Gasteiger charge is -2.21. The molecule has 2 aromatic carbocycles. The Morgan fingerprint density at radius 3 is 2.59 bits per heavy atom. The summed E-state index contributed by atoms with van der Waals surface area (Å²) in [4.78, 5) is 37.8. The first kappa shape index (κ1) is 19.1. The van der Waals surface area contributed by atoms with Crippen molar-refractivity contribution in [3.8, 4) is 0 Å². The summed E-state index contributed by atoms with van der Waals surface area (Å²) < 4.78 is 0. The van der Waals surface area contributed by atoms with Crippen LogP contribution in [0.2, 0.25) is 0 Å². The van der Waals surface area contributed by atoms with Crippen molar-refractivity contribution < 1.29 is 14.5 Å². The van der Waals surface area contributed by atoms with Crippen molar-refractivity contribution in [2.75, 3.05) is 16.8 Å². The number of carbonyl (C=O) groups excluding carboxylic acids is 2. The Morgan fingerprint density at radius 2 is 1.90 bits per heavy atom. The van der Waals surface area contributed by atoms with E-state index >= 15 is 0 Å². The van der Waals surface area contributed by atoms with Gasteiger partial charge in [-0.1, -0.05) is 18.9 Å². The van der Waals surface area contributed by atoms with Crippen LogP contribution >= 0.6 is 0 Å². The van der Waals surface area contributed by atoms with Gasteiger partial charge >= 0.3 is 0 Å². The third-order valence-electron chi connectivity index (χ3n) is 5.86. The fourth-order valence-electron chi connectivity index (χ4n) is 4.28. The molecule has 2 amide bonds. The molecule has 1 N–H and O–H groups in total. The van der Waals surface area contributed by atoms with Gasteiger partial charge in [0.15, 0.2) is 0 Å². The van der Waals surface area contributed by atoms with Crippen molar-refractivity contribution in [2.24, 2.45) is 5.92 Å². The molecular weight excluding hydrogens is 370 g/mol.